The number of carboxylic acid groups (broad SMARTS) is 1. The number of nitrogen functional groups attached to an aromatic ring is 1. The molecule has 8 heteroatoms. The van der Waals surface area contributed by atoms with E-state index in [-0.39, 0.29) is 18.6 Å². The van der Waals surface area contributed by atoms with Gasteiger partial charge in [0.25, 0.3) is 5.89 Å². The van der Waals surface area contributed by atoms with E-state index >= 15 is 0 Å². The quantitative estimate of drug-likeness (QED) is 0.337. The van der Waals surface area contributed by atoms with Crippen molar-refractivity contribution in [2.75, 3.05) is 12.3 Å². The lowest BCUT2D eigenvalue weighted by Gasteiger charge is -2.14. The zero-order chi connectivity index (χ0) is 22.7. The summed E-state index contributed by atoms with van der Waals surface area (Å²) in [5.74, 6) is 0.815. The molecule has 4 N–H and O–H groups in total. The van der Waals surface area contributed by atoms with Gasteiger partial charge in [0.05, 0.1) is 11.8 Å². The Bertz CT molecular complexity index is 1110. The van der Waals surface area contributed by atoms with Gasteiger partial charge in [-0.25, -0.2) is 0 Å². The summed E-state index contributed by atoms with van der Waals surface area (Å²) in [5, 5.41) is 16.5. The van der Waals surface area contributed by atoms with E-state index in [4.69, 9.17) is 20.1 Å². The van der Waals surface area contributed by atoms with Gasteiger partial charge in [-0.15, -0.1) is 0 Å². The van der Waals surface area contributed by atoms with Crippen molar-refractivity contribution in [3.8, 4) is 28.6 Å². The third-order valence-electron chi connectivity index (χ3n) is 5.52. The summed E-state index contributed by atoms with van der Waals surface area (Å²) in [6.07, 6.45) is 2.68. The third-order valence-corrected chi connectivity index (χ3v) is 5.52. The molecule has 8 nitrogen and oxygen atoms in total. The van der Waals surface area contributed by atoms with Crippen molar-refractivity contribution in [1.82, 2.24) is 15.5 Å². The second kappa shape index (κ2) is 9.40. The van der Waals surface area contributed by atoms with Gasteiger partial charge in [-0.05, 0) is 69.0 Å². The molecule has 1 aliphatic rings. The van der Waals surface area contributed by atoms with E-state index in [1.807, 2.05) is 38.1 Å². The Hall–Kier alpha value is -3.39. The Labute approximate surface area is 186 Å². The van der Waals surface area contributed by atoms with E-state index in [2.05, 4.69) is 21.5 Å². The second-order valence-corrected chi connectivity index (χ2v) is 8.26. The van der Waals surface area contributed by atoms with Crippen LogP contribution in [0.25, 0.3) is 22.8 Å². The number of hydrogen-bond donors (Lipinski definition) is 3. The van der Waals surface area contributed by atoms with Crippen LogP contribution >= 0.6 is 0 Å². The zero-order valence-electron chi connectivity index (χ0n) is 18.3. The first-order chi connectivity index (χ1) is 15.4. The molecule has 1 aromatic heterocycles. The van der Waals surface area contributed by atoms with Crippen LogP contribution in [0, 0.1) is 0 Å². The highest BCUT2D eigenvalue weighted by atomic mass is 16.5. The fourth-order valence-electron chi connectivity index (χ4n) is 4.08. The number of nitrogens with one attached hydrogen (secondary N) is 1. The number of nitrogens with two attached hydrogens (primary N) is 1. The first-order valence-electron chi connectivity index (χ1n) is 10.9. The van der Waals surface area contributed by atoms with Crippen molar-refractivity contribution in [2.45, 2.75) is 51.7 Å². The summed E-state index contributed by atoms with van der Waals surface area (Å²) in [7, 11) is 0. The van der Waals surface area contributed by atoms with Gasteiger partial charge < -0.3 is 25.4 Å². The van der Waals surface area contributed by atoms with Gasteiger partial charge >= 0.3 is 5.97 Å². The minimum Gasteiger partial charge on any atom is -0.489 e. The molecule has 3 aromatic rings. The Morgan fingerprint density at radius 3 is 2.94 bits per heavy atom. The Morgan fingerprint density at radius 1 is 1.34 bits per heavy atom. The standard InChI is InChI=1S/C24H28N4O4/c1-14(2)31-21-11-8-15(13-19(21)25)24-27-23(28-32-24)18-6-3-5-17-16(18)9-10-20(17)26-12-4-7-22(29)30/h3,5-6,8,11,13-14,20,26H,4,7,9-10,12,25H2,1-2H3,(H,29,30)/t20-/m0/s1. The number of rotatable bonds is 9. The molecule has 0 saturated carbocycles. The van der Waals surface area contributed by atoms with E-state index in [1.54, 1.807) is 6.07 Å². The van der Waals surface area contributed by atoms with Crippen molar-refractivity contribution in [1.29, 1.82) is 0 Å². The molecule has 0 bridgehead atoms. The van der Waals surface area contributed by atoms with E-state index in [1.165, 1.54) is 11.1 Å². The van der Waals surface area contributed by atoms with Crippen LogP contribution in [-0.4, -0.2) is 33.9 Å². The molecule has 0 aliphatic heterocycles. The van der Waals surface area contributed by atoms with Crippen LogP contribution < -0.4 is 15.8 Å². The van der Waals surface area contributed by atoms with Crippen LogP contribution in [0.15, 0.2) is 40.9 Å². The van der Waals surface area contributed by atoms with Crippen LogP contribution in [0.4, 0.5) is 5.69 Å². The number of aliphatic carboxylic acids is 1. The van der Waals surface area contributed by atoms with E-state index in [9.17, 15) is 4.79 Å². The molecule has 32 heavy (non-hydrogen) atoms. The van der Waals surface area contributed by atoms with Crippen molar-refractivity contribution in [2.24, 2.45) is 0 Å². The summed E-state index contributed by atoms with van der Waals surface area (Å²) in [5.41, 5.74) is 10.8. The van der Waals surface area contributed by atoms with Gasteiger partial charge in [-0.2, -0.15) is 4.98 Å². The van der Waals surface area contributed by atoms with Gasteiger partial charge in [0.2, 0.25) is 5.82 Å². The van der Waals surface area contributed by atoms with Crippen LogP contribution in [0.3, 0.4) is 0 Å². The molecule has 4 rings (SSSR count). The number of aromatic nitrogens is 2. The lowest BCUT2D eigenvalue weighted by atomic mass is 10.0. The highest BCUT2D eigenvalue weighted by Gasteiger charge is 2.26. The molecule has 0 radical (unpaired) electrons. The maximum Gasteiger partial charge on any atom is 0.303 e. The summed E-state index contributed by atoms with van der Waals surface area (Å²) < 4.78 is 11.2. The number of nitrogens with zero attached hydrogens (tertiary/aromatic N) is 2. The van der Waals surface area contributed by atoms with Gasteiger partial charge in [-0.1, -0.05) is 23.4 Å². The average Bonchev–Trinajstić information content (AvgIpc) is 3.40. The average molecular weight is 437 g/mol. The van der Waals surface area contributed by atoms with Gasteiger partial charge in [0, 0.05) is 23.6 Å². The molecule has 0 saturated heterocycles. The minimum atomic E-state index is -0.766. The van der Waals surface area contributed by atoms with Crippen LogP contribution in [0.1, 0.15) is 50.3 Å². The molecule has 1 atom stereocenters. The highest BCUT2D eigenvalue weighted by molar-refractivity contribution is 5.69. The van der Waals surface area contributed by atoms with Gasteiger partial charge in [0.15, 0.2) is 0 Å². The van der Waals surface area contributed by atoms with E-state index in [0.717, 1.165) is 24.0 Å². The maximum absolute atomic E-state index is 10.7. The van der Waals surface area contributed by atoms with Gasteiger partial charge in [0.1, 0.15) is 5.75 Å². The van der Waals surface area contributed by atoms with Crippen molar-refractivity contribution in [3.63, 3.8) is 0 Å². The Balaban J connectivity index is 1.52. The SMILES string of the molecule is CC(C)Oc1ccc(-c2nc(-c3cccc4c3CC[C@@H]4NCCCC(=O)O)no2)cc1N. The summed E-state index contributed by atoms with van der Waals surface area (Å²) in [6.45, 7) is 4.57. The van der Waals surface area contributed by atoms with Crippen molar-refractivity contribution in [3.05, 3.63) is 47.5 Å². The lowest BCUT2D eigenvalue weighted by Crippen LogP contribution is -2.21. The Kier molecular flexibility index (Phi) is 6.41. The van der Waals surface area contributed by atoms with E-state index < -0.39 is 5.97 Å². The molecule has 1 aliphatic carbocycles. The molecular weight excluding hydrogens is 408 g/mol. The summed E-state index contributed by atoms with van der Waals surface area (Å²) in [4.78, 5) is 15.3. The van der Waals surface area contributed by atoms with Crippen molar-refractivity contribution >= 4 is 11.7 Å². The van der Waals surface area contributed by atoms with E-state index in [0.29, 0.717) is 36.1 Å². The fourth-order valence-corrected chi connectivity index (χ4v) is 4.08. The molecule has 168 valence electrons. The Morgan fingerprint density at radius 2 is 2.19 bits per heavy atom. The van der Waals surface area contributed by atoms with Crippen molar-refractivity contribution < 1.29 is 19.2 Å². The zero-order valence-corrected chi connectivity index (χ0v) is 18.3. The monoisotopic (exact) mass is 436 g/mol. The first kappa shape index (κ1) is 21.8. The number of carboxylic acids is 1. The number of ether oxygens (including phenoxy) is 1. The fraction of sp³-hybridized carbons (Fsp3) is 0.375. The number of anilines is 1. The summed E-state index contributed by atoms with van der Waals surface area (Å²) >= 11 is 0. The van der Waals surface area contributed by atoms with Crippen LogP contribution in [0.2, 0.25) is 0 Å². The number of hydrogen-bond acceptors (Lipinski definition) is 7. The lowest BCUT2D eigenvalue weighted by molar-refractivity contribution is -0.137. The largest absolute Gasteiger partial charge is 0.489 e. The highest BCUT2D eigenvalue weighted by Crippen LogP contribution is 2.37. The number of carbonyl (C=O) groups is 1. The summed E-state index contributed by atoms with van der Waals surface area (Å²) in [6, 6.07) is 11.8. The molecule has 0 fully saturated rings. The number of fused-ring (bicyclic) bond motifs is 1. The van der Waals surface area contributed by atoms with Crippen LogP contribution in [-0.2, 0) is 11.2 Å². The maximum atomic E-state index is 10.7. The third kappa shape index (κ3) is 4.75. The molecular formula is C24H28N4O4. The molecule has 2 aromatic carbocycles. The second-order valence-electron chi connectivity index (χ2n) is 8.26. The number of benzene rings is 2. The molecule has 1 heterocycles. The van der Waals surface area contributed by atoms with Crippen LogP contribution in [0.5, 0.6) is 5.75 Å². The smallest absolute Gasteiger partial charge is 0.303 e. The molecule has 0 unspecified atom stereocenters. The molecule has 0 amide bonds. The minimum absolute atomic E-state index is 0.0359. The molecule has 0 spiro atoms. The normalized spacial score (nSPS) is 15.2. The first-order valence-corrected chi connectivity index (χ1v) is 10.9. The predicted molar refractivity (Wildman–Crippen MR) is 121 cm³/mol. The van der Waals surface area contributed by atoms with Gasteiger partial charge in [-0.3, -0.25) is 4.79 Å². The predicted octanol–water partition coefficient (Wildman–Crippen LogP) is 4.21. The topological polar surface area (TPSA) is 124 Å².